The van der Waals surface area contributed by atoms with E-state index in [0.717, 1.165) is 36.8 Å². The number of likely N-dealkylation sites (tertiary alicyclic amines) is 1. The van der Waals surface area contributed by atoms with E-state index in [1.807, 2.05) is 42.1 Å². The van der Waals surface area contributed by atoms with E-state index in [1.165, 1.54) is 11.1 Å². The first-order valence-corrected chi connectivity index (χ1v) is 14.4. The van der Waals surface area contributed by atoms with Crippen molar-refractivity contribution in [2.24, 2.45) is 0 Å². The lowest BCUT2D eigenvalue weighted by molar-refractivity contribution is 0.0516. The standard InChI is InChI=1S/C31H32N8O4/c1-37-10-6-17(7-11-37)39-30(42)20-13-24-25(14-21(20)31(39)43)36-28(35-24)27-23(5-9-33-29(27)41)34-15-18(40)16-38-12-8-19-22(32)3-2-4-26(19)38/h2-5,8-9,12-14,17-18,40H,6-7,10-11,15-16,32H2,1H3,(H,35,36)(H2,33,34,41)/t18-/m1/s1. The number of piperidine rings is 1. The topological polar surface area (TPSA) is 165 Å². The number of aliphatic hydroxyl groups is 1. The molecule has 43 heavy (non-hydrogen) atoms. The smallest absolute Gasteiger partial charge is 0.261 e. The van der Waals surface area contributed by atoms with Crippen LogP contribution in [0.25, 0.3) is 33.3 Å². The van der Waals surface area contributed by atoms with Gasteiger partial charge in [0.15, 0.2) is 0 Å². The Morgan fingerprint density at radius 2 is 1.86 bits per heavy atom. The summed E-state index contributed by atoms with van der Waals surface area (Å²) in [7, 11) is 2.04. The average Bonchev–Trinajstić information content (AvgIpc) is 3.66. The number of fused-ring (bicyclic) bond motifs is 3. The number of imide groups is 1. The van der Waals surface area contributed by atoms with Crippen LogP contribution < -0.4 is 16.6 Å². The molecule has 2 aliphatic heterocycles. The molecule has 0 saturated carbocycles. The third-order valence-corrected chi connectivity index (χ3v) is 8.55. The number of H-pyrrole nitrogens is 2. The lowest BCUT2D eigenvalue weighted by atomic mass is 10.0. The quantitative estimate of drug-likeness (QED) is 0.145. The van der Waals surface area contributed by atoms with Gasteiger partial charge in [-0.1, -0.05) is 6.07 Å². The molecule has 0 radical (unpaired) electrons. The summed E-state index contributed by atoms with van der Waals surface area (Å²) < 4.78 is 1.94. The number of nitrogens with one attached hydrogen (secondary N) is 3. The minimum atomic E-state index is -0.771. The predicted molar refractivity (Wildman–Crippen MR) is 164 cm³/mol. The van der Waals surface area contributed by atoms with Crippen molar-refractivity contribution < 1.29 is 14.7 Å². The van der Waals surface area contributed by atoms with Crippen molar-refractivity contribution in [3.8, 4) is 11.4 Å². The fourth-order valence-electron chi connectivity index (χ4n) is 6.25. The number of hydrogen-bond donors (Lipinski definition) is 5. The van der Waals surface area contributed by atoms with Gasteiger partial charge in [0.2, 0.25) is 0 Å². The maximum atomic E-state index is 13.3. The highest BCUT2D eigenvalue weighted by Gasteiger charge is 2.41. The van der Waals surface area contributed by atoms with Gasteiger partial charge in [0.05, 0.1) is 46.0 Å². The molecule has 5 aromatic rings. The Labute approximate surface area is 246 Å². The normalized spacial score (nSPS) is 16.8. The monoisotopic (exact) mass is 580 g/mol. The molecule has 1 fully saturated rings. The highest BCUT2D eigenvalue weighted by atomic mass is 16.3. The Bertz CT molecular complexity index is 1900. The third-order valence-electron chi connectivity index (χ3n) is 8.55. The molecule has 2 aliphatic rings. The van der Waals surface area contributed by atoms with E-state index in [9.17, 15) is 19.5 Å². The Kier molecular flexibility index (Phi) is 6.51. The molecular formula is C31H32N8O4. The zero-order chi connectivity index (χ0) is 29.8. The van der Waals surface area contributed by atoms with Crippen LogP contribution in [-0.4, -0.2) is 85.1 Å². The van der Waals surface area contributed by atoms with Crippen LogP contribution in [0.2, 0.25) is 0 Å². The van der Waals surface area contributed by atoms with Crippen LogP contribution in [0, 0.1) is 0 Å². The molecule has 6 N–H and O–H groups in total. The van der Waals surface area contributed by atoms with Gasteiger partial charge in [-0.2, -0.15) is 0 Å². The number of anilines is 2. The van der Waals surface area contributed by atoms with Gasteiger partial charge >= 0.3 is 0 Å². The second kappa shape index (κ2) is 10.4. The van der Waals surface area contributed by atoms with Crippen molar-refractivity contribution in [1.82, 2.24) is 29.3 Å². The average molecular weight is 581 g/mol. The molecule has 12 heteroatoms. The minimum Gasteiger partial charge on any atom is -0.398 e. The van der Waals surface area contributed by atoms with Crippen LogP contribution in [0.15, 0.2) is 59.7 Å². The van der Waals surface area contributed by atoms with E-state index in [1.54, 1.807) is 18.2 Å². The van der Waals surface area contributed by atoms with Crippen LogP contribution in [0.1, 0.15) is 33.6 Å². The largest absolute Gasteiger partial charge is 0.398 e. The third kappa shape index (κ3) is 4.64. The molecule has 1 saturated heterocycles. The van der Waals surface area contributed by atoms with Crippen molar-refractivity contribution in [1.29, 1.82) is 0 Å². The Balaban J connectivity index is 1.13. The van der Waals surface area contributed by atoms with E-state index < -0.39 is 6.10 Å². The van der Waals surface area contributed by atoms with E-state index >= 15 is 0 Å². The van der Waals surface area contributed by atoms with Crippen molar-refractivity contribution in [3.63, 3.8) is 0 Å². The van der Waals surface area contributed by atoms with E-state index in [2.05, 4.69) is 25.2 Å². The summed E-state index contributed by atoms with van der Waals surface area (Å²) in [6.45, 7) is 2.16. The molecule has 7 rings (SSSR count). The summed E-state index contributed by atoms with van der Waals surface area (Å²) in [6, 6.07) is 12.4. The van der Waals surface area contributed by atoms with Crippen molar-refractivity contribution in [2.45, 2.75) is 31.5 Å². The molecule has 2 amide bonds. The Morgan fingerprint density at radius 1 is 1.09 bits per heavy atom. The van der Waals surface area contributed by atoms with E-state index in [4.69, 9.17) is 5.73 Å². The number of nitrogens with zero attached hydrogens (tertiary/aromatic N) is 4. The second-order valence-electron chi connectivity index (χ2n) is 11.4. The van der Waals surface area contributed by atoms with Gasteiger partial charge in [-0.3, -0.25) is 19.3 Å². The lowest BCUT2D eigenvalue weighted by Gasteiger charge is -2.33. The molecule has 5 heterocycles. The second-order valence-corrected chi connectivity index (χ2v) is 11.4. The zero-order valence-corrected chi connectivity index (χ0v) is 23.6. The number of aromatic amines is 2. The van der Waals surface area contributed by atoms with Gasteiger partial charge in [0.1, 0.15) is 11.4 Å². The molecule has 1 atom stereocenters. The molecule has 0 unspecified atom stereocenters. The summed E-state index contributed by atoms with van der Waals surface area (Å²) in [5.74, 6) is -0.302. The van der Waals surface area contributed by atoms with Gasteiger partial charge in [-0.05, 0) is 69.4 Å². The number of carbonyl (C=O) groups is 2. The summed E-state index contributed by atoms with van der Waals surface area (Å²) >= 11 is 0. The first-order chi connectivity index (χ1) is 20.8. The molecule has 0 aliphatic carbocycles. The van der Waals surface area contributed by atoms with Gasteiger partial charge in [0, 0.05) is 36.1 Å². The fraction of sp³-hybridized carbons (Fsp3) is 0.290. The number of hydrogen-bond acceptors (Lipinski definition) is 8. The molecule has 3 aromatic heterocycles. The van der Waals surface area contributed by atoms with Crippen LogP contribution in [0.4, 0.5) is 11.4 Å². The summed E-state index contributed by atoms with van der Waals surface area (Å²) in [5.41, 5.74) is 9.74. The van der Waals surface area contributed by atoms with Crippen LogP contribution in [-0.2, 0) is 6.54 Å². The Hall–Kier alpha value is -4.94. The summed E-state index contributed by atoms with van der Waals surface area (Å²) in [6.07, 6.45) is 4.14. The van der Waals surface area contributed by atoms with Crippen LogP contribution in [0.3, 0.4) is 0 Å². The number of nitrogens with two attached hydrogens (primary N) is 1. The number of aliphatic hydroxyl groups excluding tert-OH is 1. The van der Waals surface area contributed by atoms with Gasteiger partial charge in [-0.25, -0.2) is 4.98 Å². The highest BCUT2D eigenvalue weighted by Crippen LogP contribution is 2.33. The van der Waals surface area contributed by atoms with Gasteiger partial charge in [0.25, 0.3) is 17.4 Å². The number of nitrogen functional groups attached to an aromatic ring is 1. The first kappa shape index (κ1) is 26.9. The molecule has 12 nitrogen and oxygen atoms in total. The number of carbonyl (C=O) groups excluding carboxylic acids is 2. The van der Waals surface area contributed by atoms with Gasteiger partial charge in [-0.15, -0.1) is 0 Å². The summed E-state index contributed by atoms with van der Waals surface area (Å²) in [5, 5.41) is 14.9. The van der Waals surface area contributed by atoms with Crippen LogP contribution >= 0.6 is 0 Å². The number of benzene rings is 2. The van der Waals surface area contributed by atoms with Crippen LogP contribution in [0.5, 0.6) is 0 Å². The number of aromatic nitrogens is 4. The Morgan fingerprint density at radius 3 is 2.65 bits per heavy atom. The van der Waals surface area contributed by atoms with E-state index in [-0.39, 0.29) is 41.3 Å². The molecule has 0 spiro atoms. The maximum absolute atomic E-state index is 13.3. The summed E-state index contributed by atoms with van der Waals surface area (Å²) in [4.78, 5) is 53.7. The molecule has 220 valence electrons. The highest BCUT2D eigenvalue weighted by molar-refractivity contribution is 6.23. The van der Waals surface area contributed by atoms with Crippen molar-refractivity contribution >= 4 is 45.1 Å². The lowest BCUT2D eigenvalue weighted by Crippen LogP contribution is -2.46. The maximum Gasteiger partial charge on any atom is 0.261 e. The predicted octanol–water partition coefficient (Wildman–Crippen LogP) is 2.62. The SMILES string of the molecule is CN1CCC(N2C(=O)c3cc4nc(-c5c(NC[C@@H](O)Cn6ccc7c(N)cccc76)cc[nH]c5=O)[nH]c4cc3C2=O)CC1. The van der Waals surface area contributed by atoms with Crippen molar-refractivity contribution in [3.05, 3.63) is 76.3 Å². The van der Waals surface area contributed by atoms with Crippen molar-refractivity contribution in [2.75, 3.05) is 37.7 Å². The molecule has 2 aromatic carbocycles. The zero-order valence-electron chi connectivity index (χ0n) is 23.6. The van der Waals surface area contributed by atoms with Gasteiger partial charge < -0.3 is 35.6 Å². The molecule has 0 bridgehead atoms. The number of rotatable bonds is 7. The molecular weight excluding hydrogens is 548 g/mol. The van der Waals surface area contributed by atoms with E-state index in [0.29, 0.717) is 40.1 Å². The number of imidazole rings is 1. The number of amides is 2. The minimum absolute atomic E-state index is 0.119. The number of pyridine rings is 1. The first-order valence-electron chi connectivity index (χ1n) is 14.4. The fourth-order valence-corrected chi connectivity index (χ4v) is 6.25.